The number of carbonyl (C=O) groups is 2. The molecule has 2 amide bonds. The highest BCUT2D eigenvalue weighted by molar-refractivity contribution is 7.99. The zero-order chi connectivity index (χ0) is 24.3. The maximum absolute atomic E-state index is 13.5. The monoisotopic (exact) mass is 494 g/mol. The average molecular weight is 495 g/mol. The number of hydrogen-bond acceptors (Lipinski definition) is 3. The smallest absolute Gasteiger partial charge is 0.243 e. The van der Waals surface area contributed by atoms with Gasteiger partial charge >= 0.3 is 0 Å². The van der Waals surface area contributed by atoms with Crippen LogP contribution in [0.4, 0.5) is 0 Å². The molecule has 3 aromatic carbocycles. The van der Waals surface area contributed by atoms with Gasteiger partial charge in [0.15, 0.2) is 0 Å². The van der Waals surface area contributed by atoms with Crippen molar-refractivity contribution in [1.82, 2.24) is 10.2 Å². The minimum absolute atomic E-state index is 0.0225. The molecule has 0 aliphatic heterocycles. The summed E-state index contributed by atoms with van der Waals surface area (Å²) < 4.78 is 0. The van der Waals surface area contributed by atoms with E-state index in [9.17, 15) is 9.59 Å². The maximum Gasteiger partial charge on any atom is 0.243 e. The molecule has 1 N–H and O–H groups in total. The van der Waals surface area contributed by atoms with Crippen LogP contribution in [0.25, 0.3) is 0 Å². The third kappa shape index (κ3) is 8.23. The number of nitrogens with one attached hydrogen (secondary N) is 1. The molecule has 34 heavy (non-hydrogen) atoms. The fraction of sp³-hybridized carbons (Fsp3) is 0.286. The number of nitrogens with zero attached hydrogens (tertiary/aromatic N) is 1. The zero-order valence-corrected chi connectivity index (χ0v) is 21.2. The van der Waals surface area contributed by atoms with Crippen LogP contribution in [0.3, 0.4) is 0 Å². The molecule has 0 saturated carbocycles. The Hall–Kier alpha value is -2.76. The summed E-state index contributed by atoms with van der Waals surface area (Å²) in [5, 5.41) is 3.65. The van der Waals surface area contributed by atoms with E-state index in [-0.39, 0.29) is 17.9 Å². The highest BCUT2D eigenvalue weighted by atomic mass is 35.5. The van der Waals surface area contributed by atoms with Crippen molar-refractivity contribution < 1.29 is 9.59 Å². The largest absolute Gasteiger partial charge is 0.352 e. The Morgan fingerprint density at radius 1 is 0.853 bits per heavy atom. The summed E-state index contributed by atoms with van der Waals surface area (Å²) in [7, 11) is 0. The number of benzene rings is 3. The lowest BCUT2D eigenvalue weighted by Crippen LogP contribution is -2.52. The van der Waals surface area contributed by atoms with Gasteiger partial charge in [0.2, 0.25) is 11.8 Å². The molecular weight excluding hydrogens is 464 g/mol. The van der Waals surface area contributed by atoms with E-state index in [0.717, 1.165) is 16.9 Å². The van der Waals surface area contributed by atoms with Gasteiger partial charge in [-0.1, -0.05) is 84.4 Å². The molecule has 0 heterocycles. The van der Waals surface area contributed by atoms with E-state index in [4.69, 9.17) is 11.6 Å². The average Bonchev–Trinajstić information content (AvgIpc) is 2.83. The van der Waals surface area contributed by atoms with Crippen LogP contribution >= 0.6 is 23.4 Å². The summed E-state index contributed by atoms with van der Waals surface area (Å²) in [6.07, 6.45) is 0.447. The van der Waals surface area contributed by atoms with Crippen LogP contribution in [0.2, 0.25) is 5.02 Å². The lowest BCUT2D eigenvalue weighted by Gasteiger charge is -2.32. The topological polar surface area (TPSA) is 49.4 Å². The summed E-state index contributed by atoms with van der Waals surface area (Å²) in [6, 6.07) is 26.7. The summed E-state index contributed by atoms with van der Waals surface area (Å²) >= 11 is 7.63. The lowest BCUT2D eigenvalue weighted by molar-refractivity contribution is -0.139. The lowest BCUT2D eigenvalue weighted by atomic mass is 10.0. The van der Waals surface area contributed by atoms with Crippen molar-refractivity contribution in [1.29, 1.82) is 0 Å². The second-order valence-electron chi connectivity index (χ2n) is 8.50. The minimum Gasteiger partial charge on any atom is -0.352 e. The molecule has 0 saturated heterocycles. The zero-order valence-electron chi connectivity index (χ0n) is 19.6. The number of thioether (sulfide) groups is 1. The number of hydrogen-bond donors (Lipinski definition) is 1. The molecule has 4 nitrogen and oxygen atoms in total. The van der Waals surface area contributed by atoms with Gasteiger partial charge in [-0.3, -0.25) is 9.59 Å². The third-order valence-electron chi connectivity index (χ3n) is 5.31. The first-order valence-electron chi connectivity index (χ1n) is 11.4. The number of halogens is 1. The molecule has 0 aromatic heterocycles. The van der Waals surface area contributed by atoms with Gasteiger partial charge in [0.25, 0.3) is 0 Å². The van der Waals surface area contributed by atoms with Gasteiger partial charge in [0.05, 0.1) is 5.75 Å². The molecule has 6 heteroatoms. The standard InChI is InChI=1S/C28H31ClN2O2S/c1-21(2)30-28(33)26(17-22-9-5-3-6-10-22)31(18-23-13-15-25(29)16-14-23)27(32)20-34-19-24-11-7-4-8-12-24/h3-16,21,26H,17-20H2,1-2H3,(H,30,33)/t26-/m0/s1. The van der Waals surface area contributed by atoms with Gasteiger partial charge in [0.1, 0.15) is 6.04 Å². The van der Waals surface area contributed by atoms with Gasteiger partial charge in [-0.2, -0.15) is 0 Å². The Balaban J connectivity index is 1.84. The first-order chi connectivity index (χ1) is 16.4. The Bertz CT molecular complexity index is 1040. The molecule has 178 valence electrons. The van der Waals surface area contributed by atoms with Crippen LogP contribution in [0.1, 0.15) is 30.5 Å². The second-order valence-corrected chi connectivity index (χ2v) is 9.92. The van der Waals surface area contributed by atoms with Crippen LogP contribution in [0.5, 0.6) is 0 Å². The van der Waals surface area contributed by atoms with E-state index in [1.54, 1.807) is 16.7 Å². The molecule has 0 aliphatic carbocycles. The SMILES string of the molecule is CC(C)NC(=O)[C@H](Cc1ccccc1)N(Cc1ccc(Cl)cc1)C(=O)CSCc1ccccc1. The van der Waals surface area contributed by atoms with Crippen LogP contribution in [0, 0.1) is 0 Å². The predicted molar refractivity (Wildman–Crippen MR) is 142 cm³/mol. The van der Waals surface area contributed by atoms with Crippen molar-refractivity contribution in [3.63, 3.8) is 0 Å². The molecule has 0 unspecified atom stereocenters. The van der Waals surface area contributed by atoms with Gasteiger partial charge in [-0.25, -0.2) is 0 Å². The third-order valence-corrected chi connectivity index (χ3v) is 6.55. The Morgan fingerprint density at radius 2 is 1.44 bits per heavy atom. The normalized spacial score (nSPS) is 11.8. The number of carbonyl (C=O) groups excluding carboxylic acids is 2. The number of amides is 2. The molecule has 0 bridgehead atoms. The van der Waals surface area contributed by atoms with Crippen molar-refractivity contribution in [2.24, 2.45) is 0 Å². The van der Waals surface area contributed by atoms with Crippen LogP contribution in [-0.4, -0.2) is 34.6 Å². The van der Waals surface area contributed by atoms with Crippen molar-refractivity contribution in [3.8, 4) is 0 Å². The van der Waals surface area contributed by atoms with Crippen LogP contribution < -0.4 is 5.32 Å². The molecule has 0 aliphatic rings. The van der Waals surface area contributed by atoms with E-state index in [0.29, 0.717) is 23.7 Å². The highest BCUT2D eigenvalue weighted by Crippen LogP contribution is 2.19. The van der Waals surface area contributed by atoms with Gasteiger partial charge in [-0.15, -0.1) is 11.8 Å². The summed E-state index contributed by atoms with van der Waals surface area (Å²) in [6.45, 7) is 4.20. The Morgan fingerprint density at radius 3 is 2.03 bits per heavy atom. The summed E-state index contributed by atoms with van der Waals surface area (Å²) in [5.41, 5.74) is 3.11. The summed E-state index contributed by atoms with van der Waals surface area (Å²) in [5.74, 6) is 0.830. The van der Waals surface area contributed by atoms with Gasteiger partial charge < -0.3 is 10.2 Å². The van der Waals surface area contributed by atoms with Crippen LogP contribution in [-0.2, 0) is 28.3 Å². The van der Waals surface area contributed by atoms with Crippen molar-refractivity contribution in [3.05, 3.63) is 107 Å². The first-order valence-corrected chi connectivity index (χ1v) is 13.0. The predicted octanol–water partition coefficient (Wildman–Crippen LogP) is 5.74. The van der Waals surface area contributed by atoms with E-state index in [1.165, 1.54) is 5.56 Å². The Kier molecular flexibility index (Phi) is 10.0. The van der Waals surface area contributed by atoms with E-state index < -0.39 is 6.04 Å². The van der Waals surface area contributed by atoms with Crippen LogP contribution in [0.15, 0.2) is 84.9 Å². The van der Waals surface area contributed by atoms with Gasteiger partial charge in [-0.05, 0) is 42.7 Å². The molecular formula is C28H31ClN2O2S. The maximum atomic E-state index is 13.5. The fourth-order valence-corrected chi connectivity index (χ4v) is 4.63. The molecule has 0 radical (unpaired) electrons. The second kappa shape index (κ2) is 13.2. The fourth-order valence-electron chi connectivity index (χ4n) is 3.63. The minimum atomic E-state index is -0.620. The van der Waals surface area contributed by atoms with E-state index >= 15 is 0 Å². The van der Waals surface area contributed by atoms with Crippen molar-refractivity contribution in [2.75, 3.05) is 5.75 Å². The Labute approximate surface area is 211 Å². The summed E-state index contributed by atoms with van der Waals surface area (Å²) in [4.78, 5) is 28.6. The van der Waals surface area contributed by atoms with Gasteiger partial charge in [0, 0.05) is 29.8 Å². The molecule has 0 fully saturated rings. The van der Waals surface area contributed by atoms with E-state index in [1.807, 2.05) is 86.6 Å². The molecule has 1 atom stereocenters. The molecule has 3 aromatic rings. The van der Waals surface area contributed by atoms with E-state index in [2.05, 4.69) is 17.4 Å². The highest BCUT2D eigenvalue weighted by Gasteiger charge is 2.30. The van der Waals surface area contributed by atoms with Crippen molar-refractivity contribution in [2.45, 2.75) is 44.6 Å². The van der Waals surface area contributed by atoms with Crippen molar-refractivity contribution >= 4 is 35.2 Å². The molecule has 0 spiro atoms. The quantitative estimate of drug-likeness (QED) is 0.370. The molecule has 3 rings (SSSR count). The first kappa shape index (κ1) is 25.9. The number of rotatable bonds is 11.